The highest BCUT2D eigenvalue weighted by Crippen LogP contribution is 2.40. The number of sulfone groups is 1. The number of nitrogens with one attached hydrogen (secondary N) is 4. The largest absolute Gasteiger partial charge is 0.495 e. The zero-order chi connectivity index (χ0) is 42.8. The number of rotatable bonds is 19. The molecular formula is C41H49N5O11S2. The van der Waals surface area contributed by atoms with Crippen molar-refractivity contribution in [2.24, 2.45) is 0 Å². The molecule has 0 unspecified atom stereocenters. The van der Waals surface area contributed by atoms with E-state index in [4.69, 9.17) is 28.8 Å². The van der Waals surface area contributed by atoms with Crippen molar-refractivity contribution in [1.29, 1.82) is 0 Å². The first-order valence-electron chi connectivity index (χ1n) is 18.4. The summed E-state index contributed by atoms with van der Waals surface area (Å²) in [4.78, 5) is 17.9. The average Bonchev–Trinajstić information content (AvgIpc) is 3.17. The molecule has 18 heteroatoms. The first-order valence-corrected chi connectivity index (χ1v) is 21.9. The molecular weight excluding hydrogens is 803 g/mol. The summed E-state index contributed by atoms with van der Waals surface area (Å²) in [7, 11) is -4.62. The molecule has 5 rings (SSSR count). The minimum absolute atomic E-state index is 0.0172. The predicted molar refractivity (Wildman–Crippen MR) is 228 cm³/mol. The summed E-state index contributed by atoms with van der Waals surface area (Å²) in [6.07, 6.45) is 2.60. The first-order chi connectivity index (χ1) is 28.0. The summed E-state index contributed by atoms with van der Waals surface area (Å²) >= 11 is 0. The van der Waals surface area contributed by atoms with Crippen LogP contribution in [0.15, 0.2) is 90.0 Å². The van der Waals surface area contributed by atoms with Crippen LogP contribution in [0.25, 0.3) is 10.8 Å². The van der Waals surface area contributed by atoms with Crippen LogP contribution < -0.4 is 34.9 Å². The molecule has 0 spiro atoms. The molecule has 1 heterocycles. The van der Waals surface area contributed by atoms with Gasteiger partial charge in [0.05, 0.1) is 76.3 Å². The number of carbonyl (C=O) groups is 1. The van der Waals surface area contributed by atoms with Crippen LogP contribution in [0.3, 0.4) is 0 Å². The van der Waals surface area contributed by atoms with Gasteiger partial charge in [0, 0.05) is 34.8 Å². The summed E-state index contributed by atoms with van der Waals surface area (Å²) in [6.45, 7) is 6.40. The van der Waals surface area contributed by atoms with E-state index in [-0.39, 0.29) is 72.0 Å². The highest BCUT2D eigenvalue weighted by Gasteiger charge is 2.23. The molecule has 5 aromatic rings. The normalized spacial score (nSPS) is 11.8. The molecule has 0 saturated heterocycles. The highest BCUT2D eigenvalue weighted by atomic mass is 32.2. The van der Waals surface area contributed by atoms with Gasteiger partial charge in [-0.2, -0.15) is 0 Å². The van der Waals surface area contributed by atoms with E-state index < -0.39 is 25.9 Å². The third kappa shape index (κ3) is 12.2. The van der Waals surface area contributed by atoms with Crippen molar-refractivity contribution < 1.29 is 50.4 Å². The molecule has 0 bridgehead atoms. The van der Waals surface area contributed by atoms with E-state index >= 15 is 0 Å². The quantitative estimate of drug-likeness (QED) is 0.0536. The van der Waals surface area contributed by atoms with Gasteiger partial charge in [0.15, 0.2) is 15.6 Å². The van der Waals surface area contributed by atoms with Gasteiger partial charge in [-0.15, -0.1) is 0 Å². The van der Waals surface area contributed by atoms with Gasteiger partial charge in [-0.1, -0.05) is 45.0 Å². The lowest BCUT2D eigenvalue weighted by Gasteiger charge is -2.24. The van der Waals surface area contributed by atoms with Crippen LogP contribution in [-0.2, 0) is 34.7 Å². The van der Waals surface area contributed by atoms with E-state index in [2.05, 4.69) is 25.7 Å². The number of anilines is 5. The Morgan fingerprint density at radius 2 is 1.46 bits per heavy atom. The van der Waals surface area contributed by atoms with Crippen LogP contribution in [0.5, 0.6) is 23.0 Å². The molecule has 16 nitrogen and oxygen atoms in total. The Morgan fingerprint density at radius 3 is 2.14 bits per heavy atom. The molecule has 1 aromatic heterocycles. The summed E-state index contributed by atoms with van der Waals surface area (Å²) in [5.74, 6) is 1.40. The minimum Gasteiger partial charge on any atom is -0.495 e. The van der Waals surface area contributed by atoms with Gasteiger partial charge < -0.3 is 44.7 Å². The van der Waals surface area contributed by atoms with Crippen molar-refractivity contribution in [3.05, 3.63) is 90.6 Å². The van der Waals surface area contributed by atoms with Gasteiger partial charge in [-0.3, -0.25) is 4.72 Å². The Labute approximate surface area is 344 Å². The van der Waals surface area contributed by atoms with Crippen molar-refractivity contribution in [3.63, 3.8) is 0 Å². The summed E-state index contributed by atoms with van der Waals surface area (Å²) < 4.78 is 80.7. The Kier molecular flexibility index (Phi) is 14.6. The summed E-state index contributed by atoms with van der Waals surface area (Å²) in [5.41, 5.74) is 1.85. The number of pyridine rings is 1. The second kappa shape index (κ2) is 19.4. The van der Waals surface area contributed by atoms with E-state index in [1.165, 1.54) is 20.3 Å². The predicted octanol–water partition coefficient (Wildman–Crippen LogP) is 6.90. The Bertz CT molecular complexity index is 2490. The fraction of sp³-hybridized carbons (Fsp3) is 0.317. The van der Waals surface area contributed by atoms with Crippen molar-refractivity contribution in [3.8, 4) is 23.0 Å². The van der Waals surface area contributed by atoms with Crippen molar-refractivity contribution >= 4 is 65.2 Å². The average molecular weight is 852 g/mol. The summed E-state index contributed by atoms with van der Waals surface area (Å²) in [5, 5.41) is 19.0. The van der Waals surface area contributed by atoms with Crippen LogP contribution in [-0.4, -0.2) is 92.2 Å². The van der Waals surface area contributed by atoms with Crippen LogP contribution in [0.1, 0.15) is 26.3 Å². The third-order valence-electron chi connectivity index (χ3n) is 8.67. The molecule has 0 aliphatic heterocycles. The Balaban J connectivity index is 1.30. The maximum absolute atomic E-state index is 13.5. The van der Waals surface area contributed by atoms with E-state index in [0.717, 1.165) is 11.8 Å². The molecule has 4 aromatic carbocycles. The molecule has 2 amide bonds. The van der Waals surface area contributed by atoms with Crippen LogP contribution in [0.4, 0.5) is 33.4 Å². The van der Waals surface area contributed by atoms with Gasteiger partial charge in [-0.05, 0) is 53.4 Å². The smallest absolute Gasteiger partial charge is 0.323 e. The number of nitrogens with zero attached hydrogens (tertiary/aromatic N) is 1. The lowest BCUT2D eigenvalue weighted by Crippen LogP contribution is -2.22. The molecule has 5 N–H and O–H groups in total. The van der Waals surface area contributed by atoms with Crippen molar-refractivity contribution in [1.82, 2.24) is 4.98 Å². The minimum atomic E-state index is -3.74. The van der Waals surface area contributed by atoms with E-state index in [0.29, 0.717) is 39.5 Å². The number of sulfonamides is 1. The van der Waals surface area contributed by atoms with E-state index in [1.807, 2.05) is 45.0 Å². The number of aliphatic hydroxyl groups excluding tert-OH is 1. The van der Waals surface area contributed by atoms with Crippen LogP contribution >= 0.6 is 0 Å². The fourth-order valence-electron chi connectivity index (χ4n) is 5.88. The Hall–Kier alpha value is -5.66. The number of hydrogen-bond donors (Lipinski definition) is 5. The molecule has 316 valence electrons. The molecule has 0 radical (unpaired) electrons. The van der Waals surface area contributed by atoms with E-state index in [1.54, 1.807) is 54.7 Å². The molecule has 0 aliphatic carbocycles. The van der Waals surface area contributed by atoms with Crippen LogP contribution in [0.2, 0.25) is 0 Å². The lowest BCUT2D eigenvalue weighted by atomic mass is 9.86. The number of benzene rings is 4. The van der Waals surface area contributed by atoms with Gasteiger partial charge in [0.2, 0.25) is 10.0 Å². The fourth-order valence-corrected chi connectivity index (χ4v) is 7.71. The number of ether oxygens (including phenoxy) is 5. The zero-order valence-corrected chi connectivity index (χ0v) is 35.3. The second-order valence-electron chi connectivity index (χ2n) is 14.2. The first kappa shape index (κ1) is 44.4. The monoisotopic (exact) mass is 851 g/mol. The van der Waals surface area contributed by atoms with Gasteiger partial charge in [0.1, 0.15) is 28.0 Å². The number of urea groups is 1. The standard InChI is InChI=1S/C41H49N5O11S2/c1-41(2,3)27-23-33(39(54-5)34(24-27)46-58(6,49)50)45-40(48)44-32-12-13-35(31-10-8-7-9-30(31)32)57-29-15-16-42-38(26-29)43-28-11-14-37(36(25-28)53-4)59(51,52)22-21-56-20-19-55-18-17-47/h7-16,23-26,46-47H,17-22H2,1-6H3,(H,42,43)(H2,44,45,48). The summed E-state index contributed by atoms with van der Waals surface area (Å²) in [6, 6.07) is 21.6. The van der Waals surface area contributed by atoms with Crippen molar-refractivity contribution in [2.75, 3.05) is 79.9 Å². The molecule has 0 atom stereocenters. The van der Waals surface area contributed by atoms with Gasteiger partial charge >= 0.3 is 6.03 Å². The number of aliphatic hydroxyl groups is 1. The number of methoxy groups -OCH3 is 2. The van der Waals surface area contributed by atoms with Crippen LogP contribution in [0, 0.1) is 0 Å². The van der Waals surface area contributed by atoms with Gasteiger partial charge in [-0.25, -0.2) is 26.6 Å². The maximum atomic E-state index is 13.5. The number of carbonyl (C=O) groups excluding carboxylic acids is 1. The topological polar surface area (TPSA) is 213 Å². The van der Waals surface area contributed by atoms with Gasteiger partial charge in [0.25, 0.3) is 0 Å². The number of amides is 2. The van der Waals surface area contributed by atoms with E-state index in [9.17, 15) is 21.6 Å². The third-order valence-corrected chi connectivity index (χ3v) is 11.0. The molecule has 59 heavy (non-hydrogen) atoms. The van der Waals surface area contributed by atoms with Crippen molar-refractivity contribution in [2.45, 2.75) is 31.1 Å². The number of aromatic nitrogens is 1. The lowest BCUT2D eigenvalue weighted by molar-refractivity contribution is 0.0375. The second-order valence-corrected chi connectivity index (χ2v) is 18.0. The molecule has 0 aliphatic rings. The maximum Gasteiger partial charge on any atom is 0.323 e. The Morgan fingerprint density at radius 1 is 0.763 bits per heavy atom. The number of fused-ring (bicyclic) bond motifs is 1. The molecule has 0 fully saturated rings. The highest BCUT2D eigenvalue weighted by molar-refractivity contribution is 7.92. The SMILES string of the molecule is COc1cc(Nc2cc(Oc3ccc(NC(=O)Nc4cc(C(C)(C)C)cc(NS(C)(=O)=O)c4OC)c4ccccc34)ccn2)ccc1S(=O)(=O)CCOCCOCCO. The molecule has 0 saturated carbocycles. The zero-order valence-electron chi connectivity index (χ0n) is 33.6. The number of hydrogen-bond acceptors (Lipinski definition) is 13.